The maximum atomic E-state index is 12.8. The molecular weight excluding hydrogens is 386 g/mol. The summed E-state index contributed by atoms with van der Waals surface area (Å²) in [7, 11) is 0. The zero-order chi connectivity index (χ0) is 21.8. The first-order valence-electron chi connectivity index (χ1n) is 9.22. The normalized spacial score (nSPS) is 11.4. The number of hydrogen-bond acceptors (Lipinski definition) is 7. The fourth-order valence-corrected chi connectivity index (χ4v) is 3.20. The molecule has 2 aromatic heterocycles. The summed E-state index contributed by atoms with van der Waals surface area (Å²) >= 11 is 0. The molecule has 1 N–H and O–H groups in total. The lowest BCUT2D eigenvalue weighted by Crippen LogP contribution is -2.19. The lowest BCUT2D eigenvalue weighted by atomic mass is 10.1. The second kappa shape index (κ2) is 8.64. The quantitative estimate of drug-likeness (QED) is 0.363. The summed E-state index contributed by atoms with van der Waals surface area (Å²) in [5.41, 5.74) is 2.67. The van der Waals surface area contributed by atoms with Gasteiger partial charge in [0.05, 0.1) is 5.69 Å². The Morgan fingerprint density at radius 2 is 1.83 bits per heavy atom. The highest BCUT2D eigenvalue weighted by Crippen LogP contribution is 2.19. The van der Waals surface area contributed by atoms with Crippen LogP contribution < -0.4 is 0 Å². The number of ketones is 2. The number of esters is 1. The van der Waals surface area contributed by atoms with Crippen LogP contribution in [0.3, 0.4) is 0 Å². The summed E-state index contributed by atoms with van der Waals surface area (Å²) < 4.78 is 6.51. The van der Waals surface area contributed by atoms with Gasteiger partial charge in [-0.25, -0.2) is 4.79 Å². The number of ether oxygens (including phenoxy) is 1. The van der Waals surface area contributed by atoms with Crippen molar-refractivity contribution in [1.82, 2.24) is 25.2 Å². The maximum Gasteiger partial charge on any atom is 0.357 e. The molecule has 0 aliphatic heterocycles. The highest BCUT2D eigenvalue weighted by molar-refractivity contribution is 6.16. The Balaban J connectivity index is 1.83. The van der Waals surface area contributed by atoms with E-state index in [0.717, 1.165) is 5.56 Å². The molecule has 9 heteroatoms. The molecule has 3 rings (SSSR count). The molecule has 0 radical (unpaired) electrons. The molecule has 0 aliphatic carbocycles. The molecule has 0 fully saturated rings. The second-order valence-electron chi connectivity index (χ2n) is 6.76. The number of hydrogen-bond donors (Lipinski definition) is 1. The van der Waals surface area contributed by atoms with Gasteiger partial charge >= 0.3 is 5.97 Å². The lowest BCUT2D eigenvalue weighted by molar-refractivity contribution is -0.136. The molecule has 3 aromatic rings. The van der Waals surface area contributed by atoms with Gasteiger partial charge < -0.3 is 9.72 Å². The monoisotopic (exact) mass is 407 g/mol. The molecule has 0 aliphatic rings. The summed E-state index contributed by atoms with van der Waals surface area (Å²) in [6.07, 6.45) is 1.58. The molecule has 0 atom stereocenters. The van der Waals surface area contributed by atoms with E-state index in [0.29, 0.717) is 22.6 Å². The molecule has 154 valence electrons. The molecule has 0 unspecified atom stereocenters. The van der Waals surface area contributed by atoms with Gasteiger partial charge in [-0.2, -0.15) is 4.68 Å². The van der Waals surface area contributed by atoms with Crippen LogP contribution in [0.5, 0.6) is 0 Å². The number of carbonyl (C=O) groups is 3. The Bertz CT molecular complexity index is 1140. The van der Waals surface area contributed by atoms with Crippen molar-refractivity contribution in [2.24, 2.45) is 0 Å². The topological polar surface area (TPSA) is 120 Å². The number of H-pyrrole nitrogens is 1. The van der Waals surface area contributed by atoms with Gasteiger partial charge in [-0.3, -0.25) is 9.59 Å². The number of Topliss-reactive ketones (excluding diaryl/α,β-unsaturated/α-hetero) is 2. The van der Waals surface area contributed by atoms with Gasteiger partial charge in [0.2, 0.25) is 5.78 Å². The van der Waals surface area contributed by atoms with Crippen molar-refractivity contribution in [2.45, 2.75) is 27.7 Å². The Kier molecular flexibility index (Phi) is 6.01. The standard InChI is InChI=1S/C21H21N5O4/c1-12-19(14(3)27)13(2)22-20(12)18(28)11-30-21(29)17(26-15(4)23-24-25-26)10-16-8-6-5-7-9-16/h5-10,22H,11H2,1-4H3/b17-10-. The third-order valence-electron chi connectivity index (χ3n) is 4.57. The summed E-state index contributed by atoms with van der Waals surface area (Å²) in [5.74, 6) is -0.943. The van der Waals surface area contributed by atoms with Crippen molar-refractivity contribution < 1.29 is 19.1 Å². The van der Waals surface area contributed by atoms with E-state index in [1.165, 1.54) is 11.6 Å². The van der Waals surface area contributed by atoms with Gasteiger partial charge in [0.15, 0.2) is 23.9 Å². The van der Waals surface area contributed by atoms with Crippen LogP contribution in [0, 0.1) is 20.8 Å². The predicted octanol–water partition coefficient (Wildman–Crippen LogP) is 2.55. The van der Waals surface area contributed by atoms with E-state index in [1.807, 2.05) is 30.3 Å². The maximum absolute atomic E-state index is 12.8. The SMILES string of the molecule is CC(=O)c1c(C)[nH]c(C(=O)COC(=O)/C(=C/c2ccccc2)n2nnnc2C)c1C. The number of nitrogens with one attached hydrogen (secondary N) is 1. The van der Waals surface area contributed by atoms with Crippen LogP contribution in [-0.4, -0.2) is 49.3 Å². The zero-order valence-electron chi connectivity index (χ0n) is 17.1. The number of benzene rings is 1. The average molecular weight is 407 g/mol. The van der Waals surface area contributed by atoms with E-state index < -0.39 is 18.4 Å². The van der Waals surface area contributed by atoms with Gasteiger partial charge in [0.25, 0.3) is 0 Å². The first-order chi connectivity index (χ1) is 14.3. The van der Waals surface area contributed by atoms with Crippen molar-refractivity contribution in [3.63, 3.8) is 0 Å². The van der Waals surface area contributed by atoms with Gasteiger partial charge in [-0.05, 0) is 55.3 Å². The number of tetrazole rings is 1. The smallest absolute Gasteiger partial charge is 0.357 e. The second-order valence-corrected chi connectivity index (χ2v) is 6.76. The first-order valence-corrected chi connectivity index (χ1v) is 9.22. The van der Waals surface area contributed by atoms with Crippen molar-refractivity contribution in [1.29, 1.82) is 0 Å². The number of rotatable bonds is 7. The van der Waals surface area contributed by atoms with Crippen LogP contribution in [0.2, 0.25) is 0 Å². The van der Waals surface area contributed by atoms with Crippen LogP contribution in [0.1, 0.15) is 50.4 Å². The third kappa shape index (κ3) is 4.24. The molecule has 0 bridgehead atoms. The third-order valence-corrected chi connectivity index (χ3v) is 4.57. The Hall–Kier alpha value is -3.88. The highest BCUT2D eigenvalue weighted by Gasteiger charge is 2.23. The summed E-state index contributed by atoms with van der Waals surface area (Å²) in [4.78, 5) is 40.1. The van der Waals surface area contributed by atoms with E-state index in [4.69, 9.17) is 4.74 Å². The van der Waals surface area contributed by atoms with Gasteiger partial charge in [0, 0.05) is 11.3 Å². The molecule has 30 heavy (non-hydrogen) atoms. The molecule has 0 spiro atoms. The van der Waals surface area contributed by atoms with E-state index in [2.05, 4.69) is 20.5 Å². The molecule has 1 aromatic carbocycles. The number of carbonyl (C=O) groups excluding carboxylic acids is 3. The van der Waals surface area contributed by atoms with Crippen LogP contribution in [0.4, 0.5) is 0 Å². The summed E-state index contributed by atoms with van der Waals surface area (Å²) in [5, 5.41) is 11.2. The first kappa shape index (κ1) is 20.8. The number of aromatic amines is 1. The lowest BCUT2D eigenvalue weighted by Gasteiger charge is -2.09. The van der Waals surface area contributed by atoms with E-state index in [-0.39, 0.29) is 17.2 Å². The van der Waals surface area contributed by atoms with E-state index in [9.17, 15) is 14.4 Å². The number of aromatic nitrogens is 5. The Labute approximate surface area is 172 Å². The Morgan fingerprint density at radius 1 is 1.13 bits per heavy atom. The largest absolute Gasteiger partial charge is 0.452 e. The number of aryl methyl sites for hydroxylation is 2. The minimum absolute atomic E-state index is 0.0697. The van der Waals surface area contributed by atoms with Crippen LogP contribution >= 0.6 is 0 Å². The molecule has 2 heterocycles. The van der Waals surface area contributed by atoms with Gasteiger partial charge in [-0.15, -0.1) is 5.10 Å². The number of nitrogens with zero attached hydrogens (tertiary/aromatic N) is 4. The summed E-state index contributed by atoms with van der Waals surface area (Å²) in [6.45, 7) is 5.98. The summed E-state index contributed by atoms with van der Waals surface area (Å²) in [6, 6.07) is 9.13. The highest BCUT2D eigenvalue weighted by atomic mass is 16.5. The Morgan fingerprint density at radius 3 is 2.40 bits per heavy atom. The van der Waals surface area contributed by atoms with E-state index in [1.54, 1.807) is 26.8 Å². The van der Waals surface area contributed by atoms with Crippen LogP contribution in [0.25, 0.3) is 11.8 Å². The minimum atomic E-state index is -0.754. The van der Waals surface area contributed by atoms with Crippen molar-refractivity contribution >= 4 is 29.3 Å². The van der Waals surface area contributed by atoms with Crippen molar-refractivity contribution in [2.75, 3.05) is 6.61 Å². The van der Waals surface area contributed by atoms with E-state index >= 15 is 0 Å². The molecule has 0 amide bonds. The minimum Gasteiger partial charge on any atom is -0.452 e. The zero-order valence-corrected chi connectivity index (χ0v) is 17.1. The van der Waals surface area contributed by atoms with Gasteiger partial charge in [0.1, 0.15) is 0 Å². The fourth-order valence-electron chi connectivity index (χ4n) is 3.20. The molecule has 0 saturated carbocycles. The molecular formula is C21H21N5O4. The van der Waals surface area contributed by atoms with Crippen LogP contribution in [0.15, 0.2) is 30.3 Å². The fraction of sp³-hybridized carbons (Fsp3) is 0.238. The average Bonchev–Trinajstić information content (AvgIpc) is 3.27. The van der Waals surface area contributed by atoms with Gasteiger partial charge in [-0.1, -0.05) is 30.3 Å². The van der Waals surface area contributed by atoms with Crippen molar-refractivity contribution in [3.05, 3.63) is 64.2 Å². The predicted molar refractivity (Wildman–Crippen MR) is 109 cm³/mol. The van der Waals surface area contributed by atoms with Crippen LogP contribution in [-0.2, 0) is 9.53 Å². The molecule has 0 saturated heterocycles. The molecule has 9 nitrogen and oxygen atoms in total. The van der Waals surface area contributed by atoms with Crippen molar-refractivity contribution in [3.8, 4) is 0 Å².